The molecule has 1 aliphatic rings. The summed E-state index contributed by atoms with van der Waals surface area (Å²) in [6, 6.07) is 8.98. The highest BCUT2D eigenvalue weighted by Crippen LogP contribution is 2.32. The van der Waals surface area contributed by atoms with Gasteiger partial charge in [0.2, 0.25) is 0 Å². The van der Waals surface area contributed by atoms with Gasteiger partial charge in [0.25, 0.3) is 0 Å². The average Bonchev–Trinajstić information content (AvgIpc) is 2.81. The lowest BCUT2D eigenvalue weighted by Crippen LogP contribution is -2.28. The molecule has 0 amide bonds. The molecule has 1 aromatic carbocycles. The summed E-state index contributed by atoms with van der Waals surface area (Å²) in [5.74, 6) is -0.980. The first-order valence-electron chi connectivity index (χ1n) is 8.23. The Labute approximate surface area is 144 Å². The topological polar surface area (TPSA) is 44.8 Å². The minimum atomic E-state index is -0.656. The fourth-order valence-electron chi connectivity index (χ4n) is 2.71. The van der Waals surface area contributed by atoms with Crippen molar-refractivity contribution in [3.05, 3.63) is 60.2 Å². The number of carbonyl (C=O) groups excluding carboxylic acids is 1. The summed E-state index contributed by atoms with van der Waals surface area (Å²) < 4.78 is 17.4. The lowest BCUT2D eigenvalue weighted by atomic mass is 10.0. The summed E-state index contributed by atoms with van der Waals surface area (Å²) in [5, 5.41) is 0. The fourth-order valence-corrected chi connectivity index (χ4v) is 2.71. The van der Waals surface area contributed by atoms with E-state index in [1.165, 1.54) is 0 Å². The summed E-state index contributed by atoms with van der Waals surface area (Å²) in [5.41, 5.74) is 1.58. The van der Waals surface area contributed by atoms with Crippen LogP contribution in [0.1, 0.15) is 44.5 Å². The van der Waals surface area contributed by atoms with E-state index in [1.54, 1.807) is 18.2 Å². The van der Waals surface area contributed by atoms with Crippen LogP contribution in [0.4, 0.5) is 0 Å². The largest absolute Gasteiger partial charge is 0.459 e. The number of ether oxygens (including phenoxy) is 3. The highest BCUT2D eigenvalue weighted by Gasteiger charge is 2.41. The quantitative estimate of drug-likeness (QED) is 0.577. The van der Waals surface area contributed by atoms with Crippen molar-refractivity contribution in [2.75, 3.05) is 0 Å². The molecule has 0 saturated carbocycles. The maximum absolute atomic E-state index is 12.1. The van der Waals surface area contributed by atoms with Gasteiger partial charge < -0.3 is 14.2 Å². The molecule has 0 N–H and O–H groups in total. The van der Waals surface area contributed by atoms with Crippen molar-refractivity contribution in [1.82, 2.24) is 0 Å². The second-order valence-corrected chi connectivity index (χ2v) is 6.57. The smallest absolute Gasteiger partial charge is 0.338 e. The molecule has 3 atom stereocenters. The van der Waals surface area contributed by atoms with Gasteiger partial charge in [0.15, 0.2) is 5.79 Å². The van der Waals surface area contributed by atoms with Crippen LogP contribution in [0.25, 0.3) is 0 Å². The number of carbonyl (C=O) groups is 1. The van der Waals surface area contributed by atoms with Crippen molar-refractivity contribution in [1.29, 1.82) is 0 Å². The number of rotatable bonds is 6. The first-order chi connectivity index (χ1) is 11.3. The molecule has 1 fully saturated rings. The maximum Gasteiger partial charge on any atom is 0.338 e. The Bertz CT molecular complexity index is 603. The predicted octanol–water partition coefficient (Wildman–Crippen LogP) is 4.27. The van der Waals surface area contributed by atoms with E-state index in [0.29, 0.717) is 12.0 Å². The van der Waals surface area contributed by atoms with Crippen molar-refractivity contribution in [2.24, 2.45) is 0 Å². The standard InChI is InChI=1S/C20H26O4/c1-6-14(2)12-17-18(24-20(4,5)23-17)13-15(3)22-19(21)16-10-8-7-9-11-16/h6-12,15,17-18H,1,13H2,2-5H3/b14-12+/t15-,17-,18-/m0/s1. The molecule has 0 radical (unpaired) electrons. The van der Waals surface area contributed by atoms with E-state index < -0.39 is 5.79 Å². The molecule has 0 unspecified atom stereocenters. The zero-order valence-corrected chi connectivity index (χ0v) is 14.8. The Hall–Kier alpha value is -1.91. The Morgan fingerprint density at radius 2 is 2.00 bits per heavy atom. The minimum Gasteiger partial charge on any atom is -0.459 e. The van der Waals surface area contributed by atoms with E-state index in [-0.39, 0.29) is 24.3 Å². The van der Waals surface area contributed by atoms with E-state index in [0.717, 1.165) is 5.57 Å². The van der Waals surface area contributed by atoms with Crippen LogP contribution in [0, 0.1) is 0 Å². The van der Waals surface area contributed by atoms with Gasteiger partial charge in [-0.1, -0.05) is 42.5 Å². The Morgan fingerprint density at radius 1 is 1.33 bits per heavy atom. The first-order valence-corrected chi connectivity index (χ1v) is 8.23. The number of benzene rings is 1. The summed E-state index contributed by atoms with van der Waals surface area (Å²) in [6.45, 7) is 11.4. The Balaban J connectivity index is 1.99. The van der Waals surface area contributed by atoms with Gasteiger partial charge in [0, 0.05) is 6.42 Å². The molecule has 2 rings (SSSR count). The molecule has 4 heteroatoms. The molecule has 24 heavy (non-hydrogen) atoms. The second kappa shape index (κ2) is 7.77. The highest BCUT2D eigenvalue weighted by atomic mass is 16.8. The third kappa shape index (κ3) is 5.05. The van der Waals surface area contributed by atoms with Crippen LogP contribution < -0.4 is 0 Å². The molecule has 0 bridgehead atoms. The number of hydrogen-bond donors (Lipinski definition) is 0. The van der Waals surface area contributed by atoms with E-state index in [1.807, 2.05) is 52.0 Å². The van der Waals surface area contributed by atoms with Crippen molar-refractivity contribution in [3.63, 3.8) is 0 Å². The summed E-state index contributed by atoms with van der Waals surface area (Å²) >= 11 is 0. The van der Waals surface area contributed by atoms with Gasteiger partial charge in [-0.05, 0) is 39.8 Å². The summed E-state index contributed by atoms with van der Waals surface area (Å²) in [7, 11) is 0. The van der Waals surface area contributed by atoms with Crippen molar-refractivity contribution < 1.29 is 19.0 Å². The third-order valence-corrected chi connectivity index (χ3v) is 3.85. The lowest BCUT2D eigenvalue weighted by Gasteiger charge is -2.20. The molecule has 0 aliphatic carbocycles. The van der Waals surface area contributed by atoms with E-state index in [2.05, 4.69) is 6.58 Å². The first kappa shape index (κ1) is 18.4. The molecular weight excluding hydrogens is 304 g/mol. The van der Waals surface area contributed by atoms with Crippen LogP contribution in [-0.2, 0) is 14.2 Å². The predicted molar refractivity (Wildman–Crippen MR) is 93.7 cm³/mol. The molecule has 1 heterocycles. The van der Waals surface area contributed by atoms with Crippen molar-refractivity contribution >= 4 is 5.97 Å². The molecular formula is C20H26O4. The number of esters is 1. The fraction of sp³-hybridized carbons (Fsp3) is 0.450. The van der Waals surface area contributed by atoms with E-state index >= 15 is 0 Å². The average molecular weight is 330 g/mol. The zero-order chi connectivity index (χ0) is 17.7. The molecule has 1 saturated heterocycles. The van der Waals surface area contributed by atoms with Gasteiger partial charge >= 0.3 is 5.97 Å². The van der Waals surface area contributed by atoms with E-state index in [4.69, 9.17) is 14.2 Å². The zero-order valence-electron chi connectivity index (χ0n) is 14.8. The summed E-state index contributed by atoms with van der Waals surface area (Å²) in [6.07, 6.45) is 3.71. The van der Waals surface area contributed by atoms with Crippen LogP contribution in [0.15, 0.2) is 54.6 Å². The van der Waals surface area contributed by atoms with Gasteiger partial charge in [-0.3, -0.25) is 0 Å². The van der Waals surface area contributed by atoms with Gasteiger partial charge in [-0.15, -0.1) is 0 Å². The molecule has 4 nitrogen and oxygen atoms in total. The molecule has 0 spiro atoms. The van der Waals surface area contributed by atoms with Gasteiger partial charge in [0.1, 0.15) is 12.2 Å². The molecule has 0 aromatic heterocycles. The lowest BCUT2D eigenvalue weighted by molar-refractivity contribution is -0.145. The van der Waals surface area contributed by atoms with E-state index in [9.17, 15) is 4.79 Å². The third-order valence-electron chi connectivity index (χ3n) is 3.85. The Kier molecular flexibility index (Phi) is 5.97. The maximum atomic E-state index is 12.1. The Morgan fingerprint density at radius 3 is 2.62 bits per heavy atom. The number of hydrogen-bond acceptors (Lipinski definition) is 4. The molecule has 130 valence electrons. The van der Waals surface area contributed by atoms with Gasteiger partial charge in [-0.25, -0.2) is 4.79 Å². The molecule has 1 aliphatic heterocycles. The van der Waals surface area contributed by atoms with Crippen molar-refractivity contribution in [2.45, 2.75) is 58.2 Å². The van der Waals surface area contributed by atoms with Crippen LogP contribution in [-0.4, -0.2) is 30.1 Å². The highest BCUT2D eigenvalue weighted by molar-refractivity contribution is 5.89. The van der Waals surface area contributed by atoms with Gasteiger partial charge in [-0.2, -0.15) is 0 Å². The number of allylic oxidation sites excluding steroid dienone is 2. The van der Waals surface area contributed by atoms with Crippen LogP contribution in [0.3, 0.4) is 0 Å². The normalized spacial score (nSPS) is 24.4. The van der Waals surface area contributed by atoms with Gasteiger partial charge in [0.05, 0.1) is 11.7 Å². The SMILES string of the molecule is C=C/C(C)=C/[C@@H]1OC(C)(C)O[C@H]1C[C@H](C)OC(=O)c1ccccc1. The van der Waals surface area contributed by atoms with Crippen molar-refractivity contribution in [3.8, 4) is 0 Å². The van der Waals surface area contributed by atoms with Crippen LogP contribution in [0.2, 0.25) is 0 Å². The minimum absolute atomic E-state index is 0.173. The summed E-state index contributed by atoms with van der Waals surface area (Å²) in [4.78, 5) is 12.1. The monoisotopic (exact) mass is 330 g/mol. The second-order valence-electron chi connectivity index (χ2n) is 6.57. The van der Waals surface area contributed by atoms with Crippen LogP contribution >= 0.6 is 0 Å². The molecule has 1 aromatic rings. The van der Waals surface area contributed by atoms with Crippen LogP contribution in [0.5, 0.6) is 0 Å².